The number of hydrogen-bond donors (Lipinski definition) is 1. The van der Waals surface area contributed by atoms with Crippen molar-refractivity contribution in [3.63, 3.8) is 0 Å². The number of thiazole rings is 1. The van der Waals surface area contributed by atoms with Crippen molar-refractivity contribution in [2.24, 2.45) is 5.10 Å². The minimum atomic E-state index is -0.886. The Morgan fingerprint density at radius 1 is 0.524 bits per heavy atom. The van der Waals surface area contributed by atoms with E-state index in [1.54, 1.807) is 0 Å². The van der Waals surface area contributed by atoms with Crippen molar-refractivity contribution in [1.29, 1.82) is 0 Å². The van der Waals surface area contributed by atoms with Crippen molar-refractivity contribution < 1.29 is 95.2 Å². The number of ether oxygens (including phenoxy) is 12. The summed E-state index contributed by atoms with van der Waals surface area (Å²) in [6.45, 7) is 13.4. The van der Waals surface area contributed by atoms with Crippen LogP contribution >= 0.6 is 11.3 Å². The molecular formula is C60H63N3O20S. The number of fused-ring (bicyclic) bond motifs is 1. The zero-order chi connectivity index (χ0) is 60.3. The number of para-hydroxylation sites is 1. The third-order valence-corrected chi connectivity index (χ3v) is 11.9. The SMILES string of the molecule is C=CC(=O)OCCCCOCC(COc1ccc(C(=O)Oc2ccc(OC(=O)c3ccc(OCC(COCCCCOC(=O)C=C)OC(=O)CCOC(=O)C=C)cc3)c(/C=N/Nc3nc4ccccc4s3)c2)cc1)OC(=O)CCOC(=O)C=C. The molecule has 1 aromatic heterocycles. The summed E-state index contributed by atoms with van der Waals surface area (Å²) in [6.07, 6.45) is 5.35. The number of benzene rings is 4. The number of hydrogen-bond acceptors (Lipinski definition) is 24. The average molecular weight is 1180 g/mol. The Hall–Kier alpha value is -9.52. The second-order valence-corrected chi connectivity index (χ2v) is 18.3. The largest absolute Gasteiger partial charge is 0.490 e. The first-order chi connectivity index (χ1) is 40.7. The zero-order valence-corrected chi connectivity index (χ0v) is 46.6. The molecular weight excluding hydrogens is 1110 g/mol. The molecule has 2 unspecified atom stereocenters. The lowest BCUT2D eigenvalue weighted by atomic mass is 10.2. The first kappa shape index (κ1) is 65.3. The number of rotatable bonds is 39. The Bertz CT molecular complexity index is 3030. The lowest BCUT2D eigenvalue weighted by Crippen LogP contribution is -2.30. The molecule has 0 saturated heterocycles. The number of carbonyl (C=O) groups is 8. The fourth-order valence-electron chi connectivity index (χ4n) is 6.75. The summed E-state index contributed by atoms with van der Waals surface area (Å²) in [5.74, 6) is -4.54. The Morgan fingerprint density at radius 2 is 0.976 bits per heavy atom. The second kappa shape index (κ2) is 36.8. The van der Waals surface area contributed by atoms with Gasteiger partial charge in [-0.15, -0.1) is 0 Å². The van der Waals surface area contributed by atoms with E-state index in [9.17, 15) is 38.4 Å². The summed E-state index contributed by atoms with van der Waals surface area (Å²) in [4.78, 5) is 102. The van der Waals surface area contributed by atoms with Gasteiger partial charge in [0.15, 0.2) is 12.2 Å². The summed E-state index contributed by atoms with van der Waals surface area (Å²) >= 11 is 1.37. The van der Waals surface area contributed by atoms with Crippen LogP contribution in [0.2, 0.25) is 0 Å². The van der Waals surface area contributed by atoms with Gasteiger partial charge in [-0.05, 0) is 105 Å². The molecule has 0 amide bonds. The quantitative estimate of drug-likeness (QED) is 0.00740. The van der Waals surface area contributed by atoms with Crippen molar-refractivity contribution in [2.45, 2.75) is 50.7 Å². The minimum absolute atomic E-state index is 0.0490. The van der Waals surface area contributed by atoms with Crippen LogP contribution in [0.5, 0.6) is 23.0 Å². The van der Waals surface area contributed by atoms with Crippen molar-refractivity contribution in [2.75, 3.05) is 71.5 Å². The van der Waals surface area contributed by atoms with Crippen molar-refractivity contribution in [3.05, 3.63) is 158 Å². The highest BCUT2D eigenvalue weighted by atomic mass is 32.1. The highest BCUT2D eigenvalue weighted by Crippen LogP contribution is 2.28. The molecule has 84 heavy (non-hydrogen) atoms. The van der Waals surface area contributed by atoms with Crippen LogP contribution in [0.25, 0.3) is 10.2 Å². The third kappa shape index (κ3) is 24.7. The molecule has 0 bridgehead atoms. The molecule has 2 atom stereocenters. The molecule has 444 valence electrons. The van der Waals surface area contributed by atoms with Crippen LogP contribution in [0, 0.1) is 0 Å². The molecule has 23 nitrogen and oxygen atoms in total. The molecule has 1 heterocycles. The van der Waals surface area contributed by atoms with Crippen LogP contribution < -0.4 is 24.4 Å². The van der Waals surface area contributed by atoms with Crippen molar-refractivity contribution >= 4 is 80.7 Å². The van der Waals surface area contributed by atoms with Crippen LogP contribution in [0.15, 0.2) is 147 Å². The Morgan fingerprint density at radius 3 is 1.46 bits per heavy atom. The highest BCUT2D eigenvalue weighted by molar-refractivity contribution is 7.22. The van der Waals surface area contributed by atoms with Gasteiger partial charge in [-0.25, -0.2) is 33.8 Å². The lowest BCUT2D eigenvalue weighted by Gasteiger charge is -2.19. The summed E-state index contributed by atoms with van der Waals surface area (Å²) in [5.41, 5.74) is 4.16. The van der Waals surface area contributed by atoms with Gasteiger partial charge >= 0.3 is 47.8 Å². The number of aromatic nitrogens is 1. The normalized spacial score (nSPS) is 11.4. The molecule has 0 aliphatic heterocycles. The maximum Gasteiger partial charge on any atom is 0.343 e. The molecule has 0 radical (unpaired) electrons. The molecule has 0 aliphatic rings. The van der Waals surface area contributed by atoms with Crippen LogP contribution in [-0.4, -0.2) is 137 Å². The molecule has 4 aromatic carbocycles. The molecule has 1 N–H and O–H groups in total. The Balaban J connectivity index is 1.22. The predicted octanol–water partition coefficient (Wildman–Crippen LogP) is 8.05. The predicted molar refractivity (Wildman–Crippen MR) is 305 cm³/mol. The van der Waals surface area contributed by atoms with E-state index in [2.05, 4.69) is 41.8 Å². The van der Waals surface area contributed by atoms with E-state index >= 15 is 0 Å². The Kier molecular flexibility index (Phi) is 28.6. The number of esters is 8. The highest BCUT2D eigenvalue weighted by Gasteiger charge is 2.21. The van der Waals surface area contributed by atoms with Gasteiger partial charge < -0.3 is 56.8 Å². The van der Waals surface area contributed by atoms with Gasteiger partial charge in [0.1, 0.15) is 49.4 Å². The topological polar surface area (TPSA) is 285 Å². The van der Waals surface area contributed by atoms with Gasteiger partial charge in [0, 0.05) is 43.1 Å². The van der Waals surface area contributed by atoms with Crippen LogP contribution in [0.4, 0.5) is 5.13 Å². The maximum atomic E-state index is 13.6. The molecule has 24 heteroatoms. The number of unbranched alkanes of at least 4 members (excludes halogenated alkanes) is 2. The third-order valence-electron chi connectivity index (χ3n) is 10.9. The molecule has 0 fully saturated rings. The first-order valence-corrected chi connectivity index (χ1v) is 27.0. The van der Waals surface area contributed by atoms with Crippen molar-refractivity contribution in [3.8, 4) is 23.0 Å². The van der Waals surface area contributed by atoms with Gasteiger partial charge in [-0.2, -0.15) is 5.10 Å². The fraction of sp³-hybridized carbons (Fsp3) is 0.300. The van der Waals surface area contributed by atoms with E-state index in [0.717, 1.165) is 34.5 Å². The van der Waals surface area contributed by atoms with E-state index < -0.39 is 60.0 Å². The zero-order valence-electron chi connectivity index (χ0n) is 45.8. The van der Waals surface area contributed by atoms with Crippen LogP contribution in [0.1, 0.15) is 64.8 Å². The summed E-state index contributed by atoms with van der Waals surface area (Å²) in [7, 11) is 0. The van der Waals surface area contributed by atoms with E-state index in [1.807, 2.05) is 24.3 Å². The first-order valence-electron chi connectivity index (χ1n) is 26.2. The van der Waals surface area contributed by atoms with Gasteiger partial charge in [0.2, 0.25) is 5.13 Å². The van der Waals surface area contributed by atoms with E-state index in [4.69, 9.17) is 56.8 Å². The van der Waals surface area contributed by atoms with Crippen LogP contribution in [0.3, 0.4) is 0 Å². The standard InChI is InChI=1S/C60H63N3O20S/c1-5-52(64)74-31-13-11-29-72-37-47(80-56(68)27-33-76-54(66)7-3)39-78-44-21-17-41(18-22-44)58(70)82-46-25-26-50(43(35-46)36-61-63-60-62-49-15-9-10-16-51(49)84-60)83-59(71)42-19-23-45(24-20-42)79-40-48(81-57(69)28-34-77-55(67)8-4)38-73-30-12-14-32-75-53(65)6-2/h5-10,15-26,35-36,47-48H,1-4,11-14,27-34,37-40H2,(H,62,63)/b61-36+. The Labute approximate surface area is 487 Å². The van der Waals surface area contributed by atoms with Gasteiger partial charge in [0.25, 0.3) is 0 Å². The smallest absolute Gasteiger partial charge is 0.343 e. The number of nitrogens with zero attached hydrogens (tertiary/aromatic N) is 2. The molecule has 5 rings (SSSR count). The van der Waals surface area contributed by atoms with Gasteiger partial charge in [0.05, 0.1) is 66.8 Å². The fourth-order valence-corrected chi connectivity index (χ4v) is 7.57. The summed E-state index contributed by atoms with van der Waals surface area (Å²) < 4.78 is 66.5. The minimum Gasteiger partial charge on any atom is -0.490 e. The van der Waals surface area contributed by atoms with E-state index in [1.165, 1.54) is 84.3 Å². The maximum absolute atomic E-state index is 13.6. The molecule has 0 spiro atoms. The monoisotopic (exact) mass is 1180 g/mol. The van der Waals surface area contributed by atoms with E-state index in [0.29, 0.717) is 42.3 Å². The van der Waals surface area contributed by atoms with Gasteiger partial charge in [-0.3, -0.25) is 15.0 Å². The average Bonchev–Trinajstić information content (AvgIpc) is 4.09. The second-order valence-electron chi connectivity index (χ2n) is 17.3. The lowest BCUT2D eigenvalue weighted by molar-refractivity contribution is -0.157. The summed E-state index contributed by atoms with van der Waals surface area (Å²) in [6, 6.07) is 23.8. The summed E-state index contributed by atoms with van der Waals surface area (Å²) in [5, 5.41) is 4.82. The van der Waals surface area contributed by atoms with Crippen molar-refractivity contribution in [1.82, 2.24) is 4.98 Å². The van der Waals surface area contributed by atoms with Gasteiger partial charge in [-0.1, -0.05) is 49.8 Å². The van der Waals surface area contributed by atoms with E-state index in [-0.39, 0.29) is 107 Å². The number of hydrazone groups is 1. The van der Waals surface area contributed by atoms with Crippen LogP contribution in [-0.2, 0) is 66.7 Å². The molecule has 0 saturated carbocycles. The number of anilines is 1. The number of carbonyl (C=O) groups excluding carboxylic acids is 8. The number of nitrogens with one attached hydrogen (secondary N) is 1. The molecule has 0 aliphatic carbocycles. The molecule has 5 aromatic rings.